The maximum absolute atomic E-state index is 12.1. The first kappa shape index (κ1) is 13.6. The van der Waals surface area contributed by atoms with Gasteiger partial charge >= 0.3 is 0 Å². The van der Waals surface area contributed by atoms with Gasteiger partial charge < -0.3 is 10.6 Å². The Morgan fingerprint density at radius 2 is 1.65 bits per heavy atom. The van der Waals surface area contributed by atoms with Crippen molar-refractivity contribution in [3.8, 4) is 0 Å². The molecule has 3 rings (SSSR count). The van der Waals surface area contributed by atoms with Crippen LogP contribution in [-0.2, 0) is 4.79 Å². The summed E-state index contributed by atoms with van der Waals surface area (Å²) in [5.74, 6) is -0.0692. The van der Waals surface area contributed by atoms with Crippen LogP contribution in [0.25, 0.3) is 0 Å². The Morgan fingerprint density at radius 1 is 1.05 bits per heavy atom. The number of benzene rings is 2. The quantitative estimate of drug-likeness (QED) is 0.842. The van der Waals surface area contributed by atoms with Gasteiger partial charge in [-0.05, 0) is 42.0 Å². The molecule has 0 aliphatic carbocycles. The highest BCUT2D eigenvalue weighted by molar-refractivity contribution is 9.10. The predicted molar refractivity (Wildman–Crippen MR) is 83.8 cm³/mol. The van der Waals surface area contributed by atoms with Gasteiger partial charge in [0.15, 0.2) is 0 Å². The molecule has 2 N–H and O–H groups in total. The molecule has 1 heterocycles. The number of carbonyl (C=O) groups is 1. The minimum atomic E-state index is -0.494. The van der Waals surface area contributed by atoms with Gasteiger partial charge in [-0.15, -0.1) is 0 Å². The van der Waals surface area contributed by atoms with Crippen LogP contribution in [0.15, 0.2) is 53.0 Å². The second-order valence-corrected chi connectivity index (χ2v) is 6.06. The van der Waals surface area contributed by atoms with Crippen LogP contribution in [0.2, 0.25) is 5.02 Å². The second kappa shape index (κ2) is 5.20. The molecule has 0 unspecified atom stereocenters. The highest BCUT2D eigenvalue weighted by Gasteiger charge is 2.46. The lowest BCUT2D eigenvalue weighted by atomic mass is 9.88. The number of halogens is 2. The van der Waals surface area contributed by atoms with E-state index in [1.54, 1.807) is 17.0 Å². The summed E-state index contributed by atoms with van der Waals surface area (Å²) in [6.45, 7) is 0. The van der Waals surface area contributed by atoms with Crippen LogP contribution in [0.1, 0.15) is 11.6 Å². The molecule has 1 aliphatic heterocycles. The largest absolute Gasteiger partial charge is 0.318 e. The van der Waals surface area contributed by atoms with Crippen LogP contribution >= 0.6 is 27.5 Å². The Bertz CT molecular complexity index is 642. The standard InChI is InChI=1S/C15H12BrClN2O/c16-10-3-1-9(2-4-10)14-13(18)15(20)19(14)12-7-5-11(17)6-8-12/h1-8,13-14H,18H2/t13-,14-/m0/s1. The van der Waals surface area contributed by atoms with Crippen LogP contribution in [0.5, 0.6) is 0 Å². The lowest BCUT2D eigenvalue weighted by Gasteiger charge is -2.45. The fourth-order valence-corrected chi connectivity index (χ4v) is 2.81. The Balaban J connectivity index is 1.95. The summed E-state index contributed by atoms with van der Waals surface area (Å²) in [6, 6.07) is 14.4. The van der Waals surface area contributed by atoms with Crippen molar-refractivity contribution in [1.29, 1.82) is 0 Å². The molecular formula is C15H12BrClN2O. The van der Waals surface area contributed by atoms with E-state index < -0.39 is 6.04 Å². The summed E-state index contributed by atoms with van der Waals surface area (Å²) in [5.41, 5.74) is 7.80. The van der Waals surface area contributed by atoms with Crippen LogP contribution < -0.4 is 10.6 Å². The minimum absolute atomic E-state index is 0.0692. The number of rotatable bonds is 2. The molecule has 102 valence electrons. The molecule has 0 saturated carbocycles. The first-order valence-corrected chi connectivity index (χ1v) is 7.35. The summed E-state index contributed by atoms with van der Waals surface area (Å²) in [7, 11) is 0. The van der Waals surface area contributed by atoms with E-state index in [4.69, 9.17) is 17.3 Å². The molecule has 2 aromatic rings. The number of hydrogen-bond donors (Lipinski definition) is 1. The van der Waals surface area contributed by atoms with Crippen molar-refractivity contribution in [2.75, 3.05) is 4.90 Å². The number of nitrogens with two attached hydrogens (primary N) is 1. The highest BCUT2D eigenvalue weighted by atomic mass is 79.9. The van der Waals surface area contributed by atoms with Crippen molar-refractivity contribution in [1.82, 2.24) is 0 Å². The maximum atomic E-state index is 12.1. The Labute approximate surface area is 130 Å². The van der Waals surface area contributed by atoms with Crippen molar-refractivity contribution in [3.05, 3.63) is 63.6 Å². The third-order valence-electron chi connectivity index (χ3n) is 3.46. The normalized spacial score (nSPS) is 21.8. The lowest BCUT2D eigenvalue weighted by molar-refractivity contribution is -0.126. The molecule has 0 bridgehead atoms. The zero-order valence-corrected chi connectivity index (χ0v) is 12.8. The topological polar surface area (TPSA) is 46.3 Å². The molecule has 2 atom stereocenters. The number of amides is 1. The molecule has 1 saturated heterocycles. The summed E-state index contributed by atoms with van der Waals surface area (Å²) >= 11 is 9.28. The van der Waals surface area contributed by atoms with E-state index in [0.717, 1.165) is 15.7 Å². The smallest absolute Gasteiger partial charge is 0.247 e. The van der Waals surface area contributed by atoms with Crippen molar-refractivity contribution in [2.45, 2.75) is 12.1 Å². The minimum Gasteiger partial charge on any atom is -0.318 e. The number of β-lactam (4-membered cyclic amide) rings is 1. The van der Waals surface area contributed by atoms with Gasteiger partial charge in [0.2, 0.25) is 5.91 Å². The third-order valence-corrected chi connectivity index (χ3v) is 4.24. The number of nitrogens with zero attached hydrogens (tertiary/aromatic N) is 1. The fraction of sp³-hybridized carbons (Fsp3) is 0.133. The van der Waals surface area contributed by atoms with E-state index in [2.05, 4.69) is 15.9 Å². The molecular weight excluding hydrogens is 340 g/mol. The summed E-state index contributed by atoms with van der Waals surface area (Å²) in [6.07, 6.45) is 0. The van der Waals surface area contributed by atoms with Gasteiger partial charge in [0.05, 0.1) is 6.04 Å². The van der Waals surface area contributed by atoms with Gasteiger partial charge in [0.25, 0.3) is 0 Å². The number of carbonyl (C=O) groups excluding carboxylic acids is 1. The molecule has 0 aromatic heterocycles. The second-order valence-electron chi connectivity index (χ2n) is 4.71. The predicted octanol–water partition coefficient (Wildman–Crippen LogP) is 3.52. The monoisotopic (exact) mass is 350 g/mol. The van der Waals surface area contributed by atoms with Crippen molar-refractivity contribution in [3.63, 3.8) is 0 Å². The van der Waals surface area contributed by atoms with Crippen molar-refractivity contribution >= 4 is 39.1 Å². The van der Waals surface area contributed by atoms with E-state index in [1.165, 1.54) is 0 Å². The molecule has 1 amide bonds. The van der Waals surface area contributed by atoms with Crippen LogP contribution in [0.4, 0.5) is 5.69 Å². The SMILES string of the molecule is N[C@@H]1C(=O)N(c2ccc(Cl)cc2)[C@H]1c1ccc(Br)cc1. The molecule has 20 heavy (non-hydrogen) atoms. The Kier molecular flexibility index (Phi) is 3.54. The van der Waals surface area contributed by atoms with Crippen molar-refractivity contribution in [2.24, 2.45) is 5.73 Å². The molecule has 1 aliphatic rings. The Morgan fingerprint density at radius 3 is 2.25 bits per heavy atom. The van der Waals surface area contributed by atoms with E-state index in [0.29, 0.717) is 5.02 Å². The summed E-state index contributed by atoms with van der Waals surface area (Å²) in [4.78, 5) is 13.8. The van der Waals surface area contributed by atoms with E-state index in [-0.39, 0.29) is 11.9 Å². The van der Waals surface area contributed by atoms with Gasteiger partial charge in [-0.2, -0.15) is 0 Å². The first-order chi connectivity index (χ1) is 9.58. The van der Waals surface area contributed by atoms with Gasteiger partial charge in [-0.1, -0.05) is 39.7 Å². The fourth-order valence-electron chi connectivity index (χ4n) is 2.42. The van der Waals surface area contributed by atoms with Gasteiger partial charge in [0.1, 0.15) is 6.04 Å². The van der Waals surface area contributed by atoms with E-state index in [9.17, 15) is 4.79 Å². The number of hydrogen-bond acceptors (Lipinski definition) is 2. The molecule has 1 fully saturated rings. The van der Waals surface area contributed by atoms with Crippen LogP contribution in [0, 0.1) is 0 Å². The van der Waals surface area contributed by atoms with E-state index in [1.807, 2.05) is 36.4 Å². The highest BCUT2D eigenvalue weighted by Crippen LogP contribution is 2.38. The van der Waals surface area contributed by atoms with Gasteiger partial charge in [-0.3, -0.25) is 4.79 Å². The van der Waals surface area contributed by atoms with E-state index >= 15 is 0 Å². The third kappa shape index (κ3) is 2.24. The van der Waals surface area contributed by atoms with Gasteiger partial charge in [-0.25, -0.2) is 0 Å². The lowest BCUT2D eigenvalue weighted by Crippen LogP contribution is -2.63. The molecule has 0 spiro atoms. The van der Waals surface area contributed by atoms with Crippen molar-refractivity contribution < 1.29 is 4.79 Å². The first-order valence-electron chi connectivity index (χ1n) is 6.17. The molecule has 0 radical (unpaired) electrons. The Hall–Kier alpha value is -1.36. The average molecular weight is 352 g/mol. The van der Waals surface area contributed by atoms with Gasteiger partial charge in [0, 0.05) is 15.2 Å². The maximum Gasteiger partial charge on any atom is 0.247 e. The molecule has 5 heteroatoms. The average Bonchev–Trinajstić information content (AvgIpc) is 2.46. The van der Waals surface area contributed by atoms with Crippen LogP contribution in [-0.4, -0.2) is 11.9 Å². The summed E-state index contributed by atoms with van der Waals surface area (Å²) in [5, 5.41) is 0.645. The summed E-state index contributed by atoms with van der Waals surface area (Å²) < 4.78 is 0.999. The number of anilines is 1. The molecule has 2 aromatic carbocycles. The zero-order valence-electron chi connectivity index (χ0n) is 10.5. The van der Waals surface area contributed by atoms with Crippen LogP contribution in [0.3, 0.4) is 0 Å². The molecule has 3 nitrogen and oxygen atoms in total. The zero-order chi connectivity index (χ0) is 14.3.